The Balaban J connectivity index is 2.42. The van der Waals surface area contributed by atoms with Crippen molar-refractivity contribution in [2.24, 2.45) is 0 Å². The summed E-state index contributed by atoms with van der Waals surface area (Å²) in [5, 5.41) is 4.77. The standard InChI is InChI=1S/C14H17FN2O4/c1-9(21-13(19)7-8-16-10(2)18)14(20)17-12-6-4-3-5-11(12)15/h3-6,9H,7-8H2,1-2H3,(H,16,18)(H,17,20). The summed E-state index contributed by atoms with van der Waals surface area (Å²) >= 11 is 0. The van der Waals surface area contributed by atoms with E-state index in [0.29, 0.717) is 0 Å². The predicted molar refractivity (Wildman–Crippen MR) is 73.9 cm³/mol. The van der Waals surface area contributed by atoms with Crippen molar-refractivity contribution in [3.63, 3.8) is 0 Å². The van der Waals surface area contributed by atoms with E-state index < -0.39 is 23.8 Å². The van der Waals surface area contributed by atoms with Crippen LogP contribution in [0.25, 0.3) is 0 Å². The molecule has 1 rings (SSSR count). The van der Waals surface area contributed by atoms with Gasteiger partial charge in [-0.05, 0) is 19.1 Å². The number of hydrogen-bond donors (Lipinski definition) is 2. The lowest BCUT2D eigenvalue weighted by molar-refractivity contribution is -0.153. The number of halogens is 1. The summed E-state index contributed by atoms with van der Waals surface area (Å²) in [5.74, 6) is -2.09. The summed E-state index contributed by atoms with van der Waals surface area (Å²) < 4.78 is 18.2. The van der Waals surface area contributed by atoms with Crippen LogP contribution in [0.5, 0.6) is 0 Å². The van der Waals surface area contributed by atoms with Crippen LogP contribution in [-0.4, -0.2) is 30.4 Å². The van der Waals surface area contributed by atoms with E-state index in [1.165, 1.54) is 32.0 Å². The molecule has 2 N–H and O–H groups in total. The molecule has 0 aliphatic rings. The second-order valence-corrected chi connectivity index (χ2v) is 4.33. The van der Waals surface area contributed by atoms with Crippen LogP contribution in [0.4, 0.5) is 10.1 Å². The minimum Gasteiger partial charge on any atom is -0.452 e. The number of para-hydroxylation sites is 1. The first-order chi connectivity index (χ1) is 9.90. The van der Waals surface area contributed by atoms with E-state index in [4.69, 9.17) is 4.74 Å². The average Bonchev–Trinajstić information content (AvgIpc) is 2.40. The van der Waals surface area contributed by atoms with Crippen molar-refractivity contribution in [1.82, 2.24) is 5.32 Å². The molecule has 1 aromatic rings. The van der Waals surface area contributed by atoms with Crippen LogP contribution in [0, 0.1) is 5.82 Å². The highest BCUT2D eigenvalue weighted by Gasteiger charge is 2.18. The van der Waals surface area contributed by atoms with Crippen LogP contribution in [-0.2, 0) is 19.1 Å². The van der Waals surface area contributed by atoms with E-state index >= 15 is 0 Å². The largest absolute Gasteiger partial charge is 0.452 e. The van der Waals surface area contributed by atoms with Crippen molar-refractivity contribution in [2.45, 2.75) is 26.4 Å². The second-order valence-electron chi connectivity index (χ2n) is 4.33. The number of carbonyl (C=O) groups is 3. The number of hydrogen-bond acceptors (Lipinski definition) is 4. The maximum absolute atomic E-state index is 13.4. The molecule has 0 saturated heterocycles. The van der Waals surface area contributed by atoms with E-state index in [-0.39, 0.29) is 24.6 Å². The molecule has 0 bridgehead atoms. The molecule has 1 aromatic carbocycles. The lowest BCUT2D eigenvalue weighted by Crippen LogP contribution is -2.31. The van der Waals surface area contributed by atoms with Crippen molar-refractivity contribution in [3.05, 3.63) is 30.1 Å². The molecule has 7 heteroatoms. The van der Waals surface area contributed by atoms with Crippen molar-refractivity contribution in [2.75, 3.05) is 11.9 Å². The zero-order chi connectivity index (χ0) is 15.8. The van der Waals surface area contributed by atoms with Gasteiger partial charge in [0.1, 0.15) is 5.82 Å². The van der Waals surface area contributed by atoms with Gasteiger partial charge in [-0.3, -0.25) is 14.4 Å². The molecule has 0 aliphatic heterocycles. The van der Waals surface area contributed by atoms with Gasteiger partial charge in [0.25, 0.3) is 5.91 Å². The number of esters is 1. The summed E-state index contributed by atoms with van der Waals surface area (Å²) in [5.41, 5.74) is 0.0173. The molecule has 0 aromatic heterocycles. The lowest BCUT2D eigenvalue weighted by atomic mass is 10.3. The zero-order valence-corrected chi connectivity index (χ0v) is 11.8. The van der Waals surface area contributed by atoms with Gasteiger partial charge >= 0.3 is 5.97 Å². The average molecular weight is 296 g/mol. The molecule has 1 atom stereocenters. The van der Waals surface area contributed by atoms with Gasteiger partial charge in [-0.2, -0.15) is 0 Å². The van der Waals surface area contributed by atoms with Crippen LogP contribution in [0.2, 0.25) is 0 Å². The third-order valence-electron chi connectivity index (χ3n) is 2.51. The number of rotatable bonds is 6. The maximum atomic E-state index is 13.4. The van der Waals surface area contributed by atoms with Crippen LogP contribution >= 0.6 is 0 Å². The van der Waals surface area contributed by atoms with Crippen LogP contribution < -0.4 is 10.6 Å². The summed E-state index contributed by atoms with van der Waals surface area (Å²) in [6.07, 6.45) is -1.11. The molecule has 0 saturated carbocycles. The molecule has 0 spiro atoms. The molecule has 1 unspecified atom stereocenters. The van der Waals surface area contributed by atoms with Crippen LogP contribution in [0.3, 0.4) is 0 Å². The van der Waals surface area contributed by atoms with E-state index in [2.05, 4.69) is 10.6 Å². The van der Waals surface area contributed by atoms with Gasteiger partial charge in [-0.15, -0.1) is 0 Å². The topological polar surface area (TPSA) is 84.5 Å². The smallest absolute Gasteiger partial charge is 0.308 e. The molecule has 21 heavy (non-hydrogen) atoms. The van der Waals surface area contributed by atoms with Crippen LogP contribution in [0.1, 0.15) is 20.3 Å². The normalized spacial score (nSPS) is 11.4. The van der Waals surface area contributed by atoms with E-state index in [1.807, 2.05) is 0 Å². The summed E-state index contributed by atoms with van der Waals surface area (Å²) in [4.78, 5) is 33.8. The van der Waals surface area contributed by atoms with Crippen molar-refractivity contribution >= 4 is 23.5 Å². The van der Waals surface area contributed by atoms with Crippen molar-refractivity contribution in [1.29, 1.82) is 0 Å². The highest BCUT2D eigenvalue weighted by atomic mass is 19.1. The molecule has 2 amide bonds. The van der Waals surface area contributed by atoms with Crippen molar-refractivity contribution < 1.29 is 23.5 Å². The fourth-order valence-corrected chi connectivity index (χ4v) is 1.45. The Labute approximate surface area is 121 Å². The number of benzene rings is 1. The first kappa shape index (κ1) is 16.6. The fraction of sp³-hybridized carbons (Fsp3) is 0.357. The Morgan fingerprint density at radius 1 is 1.29 bits per heavy atom. The van der Waals surface area contributed by atoms with E-state index in [1.54, 1.807) is 6.07 Å². The van der Waals surface area contributed by atoms with Crippen molar-refractivity contribution in [3.8, 4) is 0 Å². The SMILES string of the molecule is CC(=O)NCCC(=O)OC(C)C(=O)Nc1ccccc1F. The Bertz CT molecular complexity index is 533. The Hall–Kier alpha value is -2.44. The van der Waals surface area contributed by atoms with Gasteiger partial charge in [-0.1, -0.05) is 12.1 Å². The zero-order valence-electron chi connectivity index (χ0n) is 11.8. The monoisotopic (exact) mass is 296 g/mol. The van der Waals surface area contributed by atoms with Gasteiger partial charge < -0.3 is 15.4 Å². The van der Waals surface area contributed by atoms with Gasteiger partial charge in [0.2, 0.25) is 5.91 Å². The minimum atomic E-state index is -1.06. The van der Waals surface area contributed by atoms with Gasteiger partial charge in [0.15, 0.2) is 6.10 Å². The molecule has 0 radical (unpaired) electrons. The van der Waals surface area contributed by atoms with E-state index in [0.717, 1.165) is 0 Å². The fourth-order valence-electron chi connectivity index (χ4n) is 1.45. The molecule has 0 aliphatic carbocycles. The molecule has 0 fully saturated rings. The Morgan fingerprint density at radius 3 is 2.57 bits per heavy atom. The number of carbonyl (C=O) groups excluding carboxylic acids is 3. The first-order valence-corrected chi connectivity index (χ1v) is 6.39. The molecule has 114 valence electrons. The molecular formula is C14H17FN2O4. The minimum absolute atomic E-state index is 0.0173. The molecular weight excluding hydrogens is 279 g/mol. The van der Waals surface area contributed by atoms with Gasteiger partial charge in [0.05, 0.1) is 12.1 Å². The first-order valence-electron chi connectivity index (χ1n) is 6.39. The number of amides is 2. The highest BCUT2D eigenvalue weighted by Crippen LogP contribution is 2.13. The summed E-state index contributed by atoms with van der Waals surface area (Å²) in [6.45, 7) is 2.85. The molecule has 0 heterocycles. The third-order valence-corrected chi connectivity index (χ3v) is 2.51. The molecule has 6 nitrogen and oxygen atoms in total. The number of nitrogens with one attached hydrogen (secondary N) is 2. The predicted octanol–water partition coefficient (Wildman–Crippen LogP) is 1.22. The number of ether oxygens (including phenoxy) is 1. The van der Waals surface area contributed by atoms with Gasteiger partial charge in [0, 0.05) is 13.5 Å². The maximum Gasteiger partial charge on any atom is 0.308 e. The van der Waals surface area contributed by atoms with E-state index in [9.17, 15) is 18.8 Å². The highest BCUT2D eigenvalue weighted by molar-refractivity contribution is 5.95. The van der Waals surface area contributed by atoms with Crippen LogP contribution in [0.15, 0.2) is 24.3 Å². The quantitative estimate of drug-likeness (QED) is 0.773. The second kappa shape index (κ2) is 7.98. The summed E-state index contributed by atoms with van der Waals surface area (Å²) in [7, 11) is 0. The third kappa shape index (κ3) is 6.03. The Morgan fingerprint density at radius 2 is 1.95 bits per heavy atom. The summed E-state index contributed by atoms with van der Waals surface area (Å²) in [6, 6.07) is 5.68. The Kier molecular flexibility index (Phi) is 6.32. The van der Waals surface area contributed by atoms with Gasteiger partial charge in [-0.25, -0.2) is 4.39 Å². The lowest BCUT2D eigenvalue weighted by Gasteiger charge is -2.14. The number of anilines is 1.